The van der Waals surface area contributed by atoms with Gasteiger partial charge in [-0.1, -0.05) is 6.07 Å². The van der Waals surface area contributed by atoms with Gasteiger partial charge in [-0.15, -0.1) is 12.4 Å². The summed E-state index contributed by atoms with van der Waals surface area (Å²) < 4.78 is 64.3. The van der Waals surface area contributed by atoms with Gasteiger partial charge in [-0.3, -0.25) is 4.79 Å². The molecule has 1 aliphatic rings. The first-order chi connectivity index (χ1) is 12.1. The molecule has 0 saturated heterocycles. The third-order valence-corrected chi connectivity index (χ3v) is 5.57. The van der Waals surface area contributed by atoms with Gasteiger partial charge in [-0.25, -0.2) is 13.1 Å². The van der Waals surface area contributed by atoms with Gasteiger partial charge in [0, 0.05) is 25.6 Å². The Balaban J connectivity index is 0.00000364. The average Bonchev–Trinajstić information content (AvgIpc) is 3.41. The predicted octanol–water partition coefficient (Wildman–Crippen LogP) is 2.04. The van der Waals surface area contributed by atoms with Crippen molar-refractivity contribution in [3.05, 3.63) is 29.8 Å². The SMILES string of the molecule is Cl.NC(CNC(=O)CCCNS(=O)(=O)c1cccc(C(F)(F)F)c1)C1CC1. The van der Waals surface area contributed by atoms with Gasteiger partial charge in [0.15, 0.2) is 0 Å². The van der Waals surface area contributed by atoms with Crippen molar-refractivity contribution in [2.75, 3.05) is 13.1 Å². The summed E-state index contributed by atoms with van der Waals surface area (Å²) in [6, 6.07) is 3.44. The van der Waals surface area contributed by atoms with E-state index in [9.17, 15) is 26.4 Å². The number of nitrogens with two attached hydrogens (primary N) is 1. The van der Waals surface area contributed by atoms with Crippen LogP contribution in [0, 0.1) is 5.92 Å². The molecule has 6 nitrogen and oxygen atoms in total. The molecule has 1 atom stereocenters. The number of rotatable bonds is 9. The van der Waals surface area contributed by atoms with Crippen LogP contribution in [0.5, 0.6) is 0 Å². The molecule has 2 rings (SSSR count). The molecule has 0 aliphatic heterocycles. The second kappa shape index (κ2) is 9.72. The van der Waals surface area contributed by atoms with Gasteiger partial charge < -0.3 is 11.1 Å². The number of halogens is 4. The number of carbonyl (C=O) groups is 1. The zero-order valence-corrected chi connectivity index (χ0v) is 16.1. The molecule has 0 heterocycles. The lowest BCUT2D eigenvalue weighted by atomic mass is 10.2. The van der Waals surface area contributed by atoms with Gasteiger partial charge in [0.1, 0.15) is 0 Å². The van der Waals surface area contributed by atoms with Crippen molar-refractivity contribution in [2.24, 2.45) is 11.7 Å². The number of hydrogen-bond donors (Lipinski definition) is 3. The van der Waals surface area contributed by atoms with Crippen molar-refractivity contribution in [3.8, 4) is 0 Å². The summed E-state index contributed by atoms with van der Waals surface area (Å²) in [6.07, 6.45) is -2.14. The smallest absolute Gasteiger partial charge is 0.355 e. The summed E-state index contributed by atoms with van der Waals surface area (Å²) in [5.41, 5.74) is 4.82. The Morgan fingerprint density at radius 3 is 2.56 bits per heavy atom. The molecule has 1 aromatic carbocycles. The molecule has 1 aliphatic carbocycles. The topological polar surface area (TPSA) is 101 Å². The van der Waals surface area contributed by atoms with Crippen LogP contribution >= 0.6 is 12.4 Å². The van der Waals surface area contributed by atoms with Gasteiger partial charge in [0.2, 0.25) is 15.9 Å². The van der Waals surface area contributed by atoms with Crippen LogP contribution in [-0.2, 0) is 21.0 Å². The van der Waals surface area contributed by atoms with E-state index in [1.165, 1.54) is 0 Å². The predicted molar refractivity (Wildman–Crippen MR) is 96.8 cm³/mol. The van der Waals surface area contributed by atoms with Crippen molar-refractivity contribution in [1.29, 1.82) is 0 Å². The van der Waals surface area contributed by atoms with E-state index in [0.717, 1.165) is 31.0 Å². The lowest BCUT2D eigenvalue weighted by Gasteiger charge is -2.12. The first kappa shape index (κ1) is 23.7. The summed E-state index contributed by atoms with van der Waals surface area (Å²) in [5, 5.41) is 2.69. The molecule has 27 heavy (non-hydrogen) atoms. The van der Waals surface area contributed by atoms with Gasteiger partial charge in [0.25, 0.3) is 0 Å². The highest BCUT2D eigenvalue weighted by molar-refractivity contribution is 7.89. The number of hydrogen-bond acceptors (Lipinski definition) is 4. The number of benzene rings is 1. The second-order valence-electron chi connectivity index (χ2n) is 6.33. The summed E-state index contributed by atoms with van der Waals surface area (Å²) in [5.74, 6) is 0.230. The third kappa shape index (κ3) is 7.65. The minimum atomic E-state index is -4.62. The Hall–Kier alpha value is -1.36. The zero-order valence-electron chi connectivity index (χ0n) is 14.5. The van der Waals surface area contributed by atoms with E-state index in [2.05, 4.69) is 10.0 Å². The van der Waals surface area contributed by atoms with Crippen LogP contribution in [0.1, 0.15) is 31.2 Å². The number of sulfonamides is 1. The van der Waals surface area contributed by atoms with Crippen LogP contribution in [0.4, 0.5) is 13.2 Å². The molecule has 1 amide bonds. The molecule has 0 radical (unpaired) electrons. The van der Waals surface area contributed by atoms with Crippen LogP contribution in [0.15, 0.2) is 29.2 Å². The molecule has 1 fully saturated rings. The number of amides is 1. The highest BCUT2D eigenvalue weighted by Gasteiger charge is 2.31. The van der Waals surface area contributed by atoms with Crippen molar-refractivity contribution in [3.63, 3.8) is 0 Å². The summed E-state index contributed by atoms with van der Waals surface area (Å²) >= 11 is 0. The number of carbonyl (C=O) groups excluding carboxylic acids is 1. The Labute approximate surface area is 162 Å². The molecule has 4 N–H and O–H groups in total. The maximum absolute atomic E-state index is 12.7. The maximum Gasteiger partial charge on any atom is 0.416 e. The molecule has 0 bridgehead atoms. The zero-order chi connectivity index (χ0) is 19.4. The van der Waals surface area contributed by atoms with Gasteiger partial charge in [0.05, 0.1) is 10.5 Å². The monoisotopic (exact) mass is 429 g/mol. The summed E-state index contributed by atoms with van der Waals surface area (Å²) in [6.45, 7) is 0.333. The fourth-order valence-corrected chi connectivity index (χ4v) is 3.51. The fraction of sp³-hybridized carbons (Fsp3) is 0.562. The molecular weight excluding hydrogens is 407 g/mol. The molecule has 1 aromatic rings. The van der Waals surface area contributed by atoms with Gasteiger partial charge in [-0.05, 0) is 43.4 Å². The van der Waals surface area contributed by atoms with Crippen LogP contribution in [0.2, 0.25) is 0 Å². The van der Waals surface area contributed by atoms with E-state index in [4.69, 9.17) is 5.73 Å². The summed E-state index contributed by atoms with van der Waals surface area (Å²) in [7, 11) is -4.07. The minimum Gasteiger partial charge on any atom is -0.355 e. The molecule has 0 aromatic heterocycles. The third-order valence-electron chi connectivity index (χ3n) is 4.11. The minimum absolute atomic E-state index is 0. The molecular formula is C16H23ClF3N3O3S. The highest BCUT2D eigenvalue weighted by atomic mass is 35.5. The van der Waals surface area contributed by atoms with Crippen LogP contribution < -0.4 is 15.8 Å². The molecule has 1 unspecified atom stereocenters. The van der Waals surface area contributed by atoms with Crippen LogP contribution in [-0.4, -0.2) is 33.5 Å². The van der Waals surface area contributed by atoms with E-state index in [0.29, 0.717) is 18.5 Å². The summed E-state index contributed by atoms with van der Waals surface area (Å²) in [4.78, 5) is 11.2. The van der Waals surface area contributed by atoms with Gasteiger partial charge in [-0.2, -0.15) is 13.2 Å². The van der Waals surface area contributed by atoms with Crippen molar-refractivity contribution in [1.82, 2.24) is 10.0 Å². The van der Waals surface area contributed by atoms with Crippen molar-refractivity contribution < 1.29 is 26.4 Å². The van der Waals surface area contributed by atoms with Crippen LogP contribution in [0.3, 0.4) is 0 Å². The maximum atomic E-state index is 12.7. The van der Waals surface area contributed by atoms with E-state index in [-0.39, 0.29) is 43.7 Å². The Bertz CT molecular complexity index is 740. The first-order valence-corrected chi connectivity index (χ1v) is 9.77. The number of alkyl halides is 3. The molecule has 1 saturated carbocycles. The highest BCUT2D eigenvalue weighted by Crippen LogP contribution is 2.31. The Morgan fingerprint density at radius 2 is 1.96 bits per heavy atom. The normalized spacial score (nSPS) is 15.7. The molecule has 154 valence electrons. The van der Waals surface area contributed by atoms with E-state index in [1.54, 1.807) is 0 Å². The van der Waals surface area contributed by atoms with Crippen molar-refractivity contribution in [2.45, 2.75) is 42.8 Å². The van der Waals surface area contributed by atoms with E-state index >= 15 is 0 Å². The lowest BCUT2D eigenvalue weighted by Crippen LogP contribution is -2.38. The standard InChI is InChI=1S/C16H22F3N3O3S.ClH/c17-16(18,19)12-3-1-4-13(9-12)26(24,25)22-8-2-5-15(23)21-10-14(20)11-6-7-11;/h1,3-4,9,11,14,22H,2,5-8,10,20H2,(H,21,23);1H. The second-order valence-corrected chi connectivity index (χ2v) is 8.10. The molecule has 11 heteroatoms. The fourth-order valence-electron chi connectivity index (χ4n) is 2.39. The Morgan fingerprint density at radius 1 is 1.30 bits per heavy atom. The Kier molecular flexibility index (Phi) is 8.52. The number of nitrogens with one attached hydrogen (secondary N) is 2. The van der Waals surface area contributed by atoms with Gasteiger partial charge >= 0.3 is 6.18 Å². The quantitative estimate of drug-likeness (QED) is 0.523. The molecule has 0 spiro atoms. The van der Waals surface area contributed by atoms with Crippen molar-refractivity contribution >= 4 is 28.3 Å². The largest absolute Gasteiger partial charge is 0.416 e. The first-order valence-electron chi connectivity index (χ1n) is 8.29. The average molecular weight is 430 g/mol. The van der Waals surface area contributed by atoms with E-state index < -0.39 is 26.7 Å². The van der Waals surface area contributed by atoms with Crippen LogP contribution in [0.25, 0.3) is 0 Å². The lowest BCUT2D eigenvalue weighted by molar-refractivity contribution is -0.137. The van der Waals surface area contributed by atoms with E-state index in [1.807, 2.05) is 0 Å².